The Kier molecular flexibility index (Phi) is 24.5. The number of thiophene rings is 1. The summed E-state index contributed by atoms with van der Waals surface area (Å²) in [5.41, 5.74) is 11.9. The molecule has 0 bridgehead atoms. The Labute approximate surface area is 574 Å². The number of hydrogen-bond donors (Lipinski definition) is 6. The standard InChI is InChI=1S/C70H80ClN11O15S/c1-43(2)33-56(82(55(66(72)88)34-45-9-5-4-6-10-45)61(86)18-25-93-27-29-95-31-32-96-30-28-94-26-19-73-58(83)17-20-80-59(84)15-16-60(80)85)68(90)74-40-62(87)78-21-23-79(24-22-78)70(92)97-57-38-54-64(63-44(3)42-98-65(57)63)48(39-71)41-81(54)69(91)53-37-47-35-49(13-14-51(47)77-53)75-67(89)52-36-46-11-7-8-12-50(46)76-52/h4-16,35-38,42-43,48,55-56,76-77H,17-34,39-41H2,1-3H3,(H2,72,88)(H,73,83)(H,74,90)(H,75,89)/t48-,55+,56+/m1/s1. The number of nitrogens with two attached hydrogens (primary N) is 1. The number of benzene rings is 4. The van der Waals surface area contributed by atoms with E-state index in [4.69, 9.17) is 41.0 Å². The van der Waals surface area contributed by atoms with Gasteiger partial charge < -0.3 is 74.9 Å². The van der Waals surface area contributed by atoms with E-state index in [0.717, 1.165) is 37.0 Å². The number of alkyl halides is 1. The summed E-state index contributed by atoms with van der Waals surface area (Å²) in [5, 5.41) is 12.8. The van der Waals surface area contributed by atoms with Crippen molar-refractivity contribution < 1.29 is 71.6 Å². The van der Waals surface area contributed by atoms with Gasteiger partial charge >= 0.3 is 6.09 Å². The number of carbonyl (C=O) groups is 10. The minimum atomic E-state index is -1.24. The van der Waals surface area contributed by atoms with Gasteiger partial charge in [0.2, 0.25) is 29.5 Å². The van der Waals surface area contributed by atoms with Crippen LogP contribution in [-0.4, -0.2) is 212 Å². The van der Waals surface area contributed by atoms with E-state index in [1.807, 2.05) is 56.5 Å². The van der Waals surface area contributed by atoms with E-state index in [1.165, 1.54) is 38.2 Å². The third-order valence-corrected chi connectivity index (χ3v) is 18.6. The molecule has 1 saturated heterocycles. The van der Waals surface area contributed by atoms with E-state index in [9.17, 15) is 47.9 Å². The lowest BCUT2D eigenvalue weighted by molar-refractivity contribution is -0.149. The molecule has 0 unspecified atom stereocenters. The molecule has 10 rings (SSSR count). The minimum absolute atomic E-state index is 0.0000337. The molecule has 7 aromatic rings. The van der Waals surface area contributed by atoms with Crippen LogP contribution in [0.25, 0.3) is 31.9 Å². The van der Waals surface area contributed by atoms with Gasteiger partial charge in [0.1, 0.15) is 23.5 Å². The van der Waals surface area contributed by atoms with Crippen molar-refractivity contribution in [3.63, 3.8) is 0 Å². The Balaban J connectivity index is 0.694. The van der Waals surface area contributed by atoms with Gasteiger partial charge in [-0.15, -0.1) is 22.9 Å². The average molecular weight is 1380 g/mol. The highest BCUT2D eigenvalue weighted by Gasteiger charge is 2.40. The van der Waals surface area contributed by atoms with Crippen LogP contribution in [0.4, 0.5) is 16.2 Å². The number of aryl methyl sites for hydroxylation is 1. The molecule has 0 saturated carbocycles. The number of imide groups is 1. The third kappa shape index (κ3) is 17.8. The second-order valence-corrected chi connectivity index (χ2v) is 25.6. The maximum atomic E-state index is 14.6. The number of amides is 10. The minimum Gasteiger partial charge on any atom is -0.409 e. The van der Waals surface area contributed by atoms with Crippen LogP contribution in [0.5, 0.6) is 5.75 Å². The van der Waals surface area contributed by atoms with Crippen molar-refractivity contribution in [3.05, 3.63) is 137 Å². The lowest BCUT2D eigenvalue weighted by atomic mass is 9.96. The van der Waals surface area contributed by atoms with Gasteiger partial charge in [-0.1, -0.05) is 62.4 Å². The molecule has 518 valence electrons. The number of carbonyl (C=O) groups excluding carboxylic acids is 10. The second-order valence-electron chi connectivity index (χ2n) is 24.4. The summed E-state index contributed by atoms with van der Waals surface area (Å²) >= 11 is 8.07. The van der Waals surface area contributed by atoms with Crippen molar-refractivity contribution in [2.45, 2.75) is 64.5 Å². The van der Waals surface area contributed by atoms with E-state index in [-0.39, 0.29) is 166 Å². The number of aromatic amines is 2. The fraction of sp³-hybridized carbons (Fsp3) is 0.400. The molecule has 4 aromatic carbocycles. The first kappa shape index (κ1) is 71.3. The number of nitrogens with zero attached hydrogens (tertiary/aromatic N) is 5. The Morgan fingerprint density at radius 3 is 2.05 bits per heavy atom. The SMILES string of the molecule is Cc1csc2c(OC(=O)N3CCN(C(=O)CNC(=O)[C@H](CC(C)C)N(C(=O)CCOCCOCCOCCOCCNC(=O)CCN4C(=O)C=CC4=O)[C@@H](Cc4ccccc4)C(N)=O)CC3)cc3c(c12)[C@H](CCl)CN3C(=O)c1cc2cc(NC(=O)c3cc4ccccc4[nH]3)ccc2[nH]1. The maximum Gasteiger partial charge on any atom is 0.415 e. The van der Waals surface area contributed by atoms with Crippen molar-refractivity contribution in [1.82, 2.24) is 40.2 Å². The topological polar surface area (TPSA) is 327 Å². The molecule has 0 radical (unpaired) electrons. The van der Waals surface area contributed by atoms with E-state index in [2.05, 4.69) is 25.9 Å². The van der Waals surface area contributed by atoms with Gasteiger partial charge in [0.25, 0.3) is 23.6 Å². The highest BCUT2D eigenvalue weighted by molar-refractivity contribution is 7.17. The predicted octanol–water partition coefficient (Wildman–Crippen LogP) is 6.39. The first-order valence-corrected chi connectivity index (χ1v) is 34.0. The van der Waals surface area contributed by atoms with Crippen LogP contribution in [-0.2, 0) is 58.9 Å². The lowest BCUT2D eigenvalue weighted by Crippen LogP contribution is -2.59. The molecule has 0 aliphatic carbocycles. The van der Waals surface area contributed by atoms with Gasteiger partial charge in [-0.2, -0.15) is 0 Å². The summed E-state index contributed by atoms with van der Waals surface area (Å²) < 4.78 is 29.3. The molecule has 3 aliphatic rings. The third-order valence-electron chi connectivity index (χ3n) is 17.1. The zero-order valence-corrected chi connectivity index (χ0v) is 56.3. The van der Waals surface area contributed by atoms with E-state index in [1.54, 1.807) is 65.6 Å². The number of hydrogen-bond acceptors (Lipinski definition) is 16. The molecule has 10 amide bonds. The number of aromatic nitrogens is 2. The Hall–Kier alpha value is -9.51. The molecule has 7 N–H and O–H groups in total. The Bertz CT molecular complexity index is 4060. The number of piperazine rings is 1. The van der Waals surface area contributed by atoms with Gasteiger partial charge in [-0.25, -0.2) is 4.79 Å². The molecular weight excluding hydrogens is 1300 g/mol. The van der Waals surface area contributed by atoms with Gasteiger partial charge in [-0.05, 0) is 77.7 Å². The van der Waals surface area contributed by atoms with Crippen LogP contribution in [0.15, 0.2) is 109 Å². The quantitative estimate of drug-likeness (QED) is 0.0147. The van der Waals surface area contributed by atoms with Crippen LogP contribution in [0, 0.1) is 12.8 Å². The molecular formula is C70H80ClN11O15S. The molecule has 98 heavy (non-hydrogen) atoms. The summed E-state index contributed by atoms with van der Waals surface area (Å²) in [6, 6.07) is 24.7. The summed E-state index contributed by atoms with van der Waals surface area (Å²) in [5.74, 6) is -4.20. The zero-order valence-electron chi connectivity index (χ0n) is 54.8. The summed E-state index contributed by atoms with van der Waals surface area (Å²) in [6.07, 6.45) is 1.61. The number of rotatable bonds is 33. The summed E-state index contributed by atoms with van der Waals surface area (Å²) in [6.45, 7) is 7.76. The van der Waals surface area contributed by atoms with Gasteiger partial charge in [0.05, 0.1) is 76.2 Å². The Morgan fingerprint density at radius 2 is 1.37 bits per heavy atom. The zero-order chi connectivity index (χ0) is 69.4. The molecule has 1 fully saturated rings. The number of anilines is 2. The van der Waals surface area contributed by atoms with Crippen LogP contribution in [0.3, 0.4) is 0 Å². The number of fused-ring (bicyclic) bond motifs is 5. The largest absolute Gasteiger partial charge is 0.415 e. The van der Waals surface area contributed by atoms with Crippen molar-refractivity contribution in [3.8, 4) is 5.75 Å². The highest BCUT2D eigenvalue weighted by Crippen LogP contribution is 2.49. The van der Waals surface area contributed by atoms with Crippen molar-refractivity contribution in [1.29, 1.82) is 0 Å². The number of para-hydroxylation sites is 1. The average Bonchev–Trinajstić information content (AvgIpc) is 1.57. The van der Waals surface area contributed by atoms with Crippen LogP contribution >= 0.6 is 22.9 Å². The van der Waals surface area contributed by atoms with Gasteiger partial charge in [0, 0.05) is 122 Å². The lowest BCUT2D eigenvalue weighted by Gasteiger charge is -2.37. The predicted molar refractivity (Wildman–Crippen MR) is 368 cm³/mol. The van der Waals surface area contributed by atoms with Crippen molar-refractivity contribution >= 4 is 125 Å². The number of H-pyrrole nitrogens is 2. The van der Waals surface area contributed by atoms with Crippen molar-refractivity contribution in [2.24, 2.45) is 11.7 Å². The molecule has 26 nitrogen and oxygen atoms in total. The molecule has 6 heterocycles. The van der Waals surface area contributed by atoms with Gasteiger partial charge in [0.15, 0.2) is 5.75 Å². The number of ether oxygens (including phenoxy) is 5. The monoisotopic (exact) mass is 1380 g/mol. The fourth-order valence-corrected chi connectivity index (χ4v) is 13.4. The maximum absolute atomic E-state index is 14.6. The fourth-order valence-electron chi connectivity index (χ4n) is 12.1. The molecule has 3 atom stereocenters. The Morgan fingerprint density at radius 1 is 0.724 bits per heavy atom. The molecule has 28 heteroatoms. The van der Waals surface area contributed by atoms with E-state index >= 15 is 0 Å². The first-order valence-electron chi connectivity index (χ1n) is 32.6. The summed E-state index contributed by atoms with van der Waals surface area (Å²) in [4.78, 5) is 147. The summed E-state index contributed by atoms with van der Waals surface area (Å²) in [7, 11) is 0. The molecule has 0 spiro atoms. The first-order chi connectivity index (χ1) is 47.3. The number of nitrogens with one attached hydrogen (secondary N) is 5. The normalized spacial score (nSPS) is 15.1. The van der Waals surface area contributed by atoms with Crippen LogP contribution in [0.1, 0.15) is 76.7 Å². The molecule has 3 aromatic heterocycles. The van der Waals surface area contributed by atoms with E-state index < -0.39 is 60.2 Å². The van der Waals surface area contributed by atoms with Crippen LogP contribution in [0.2, 0.25) is 0 Å². The smallest absolute Gasteiger partial charge is 0.409 e. The second kappa shape index (κ2) is 33.6. The van der Waals surface area contributed by atoms with Crippen LogP contribution < -0.4 is 31.3 Å². The number of primary amides is 1. The number of halogens is 1. The van der Waals surface area contributed by atoms with Gasteiger partial charge in [-0.3, -0.25) is 48.1 Å². The van der Waals surface area contributed by atoms with E-state index in [0.29, 0.717) is 39.2 Å². The molecule has 3 aliphatic heterocycles. The van der Waals surface area contributed by atoms with Crippen molar-refractivity contribution in [2.75, 3.05) is 121 Å². The highest BCUT2D eigenvalue weighted by atomic mass is 35.5.